The van der Waals surface area contributed by atoms with Crippen LogP contribution in [0.3, 0.4) is 0 Å². The number of nitrogens with zero attached hydrogens (tertiary/aromatic N) is 1. The van der Waals surface area contributed by atoms with E-state index < -0.39 is 5.82 Å². The second kappa shape index (κ2) is 5.37. The summed E-state index contributed by atoms with van der Waals surface area (Å²) in [5.41, 5.74) is 3.07. The summed E-state index contributed by atoms with van der Waals surface area (Å²) in [5.74, 6) is -0.962. The van der Waals surface area contributed by atoms with E-state index in [1.165, 1.54) is 29.3 Å². The molecule has 0 radical (unpaired) electrons. The summed E-state index contributed by atoms with van der Waals surface area (Å²) in [6.07, 6.45) is 3.16. The van der Waals surface area contributed by atoms with Gasteiger partial charge in [-0.2, -0.15) is 5.26 Å². The molecule has 21 heavy (non-hydrogen) atoms. The van der Waals surface area contributed by atoms with Crippen LogP contribution in [-0.4, -0.2) is 5.91 Å². The lowest BCUT2D eigenvalue weighted by atomic mass is 10.1. The van der Waals surface area contributed by atoms with Gasteiger partial charge in [-0.1, -0.05) is 12.1 Å². The van der Waals surface area contributed by atoms with Crippen LogP contribution in [-0.2, 0) is 12.8 Å². The Labute approximate surface area is 122 Å². The lowest BCUT2D eigenvalue weighted by Gasteiger charge is -2.08. The highest BCUT2D eigenvalue weighted by atomic mass is 19.1. The molecule has 0 aromatic heterocycles. The summed E-state index contributed by atoms with van der Waals surface area (Å²) in [7, 11) is 0. The molecule has 1 aliphatic carbocycles. The second-order valence-electron chi connectivity index (χ2n) is 5.07. The lowest BCUT2D eigenvalue weighted by Crippen LogP contribution is -2.13. The van der Waals surface area contributed by atoms with Gasteiger partial charge in [-0.25, -0.2) is 4.39 Å². The Balaban J connectivity index is 1.87. The molecule has 0 unspecified atom stereocenters. The van der Waals surface area contributed by atoms with E-state index in [-0.39, 0.29) is 17.2 Å². The number of hydrogen-bond acceptors (Lipinski definition) is 2. The summed E-state index contributed by atoms with van der Waals surface area (Å²) < 4.78 is 13.5. The summed E-state index contributed by atoms with van der Waals surface area (Å²) in [5, 5.41) is 11.6. The van der Waals surface area contributed by atoms with Crippen molar-refractivity contribution in [2.75, 3.05) is 5.32 Å². The molecular weight excluding hydrogens is 267 g/mol. The fraction of sp³-hybridized carbons (Fsp3) is 0.176. The van der Waals surface area contributed by atoms with Crippen molar-refractivity contribution in [2.45, 2.75) is 19.3 Å². The first-order chi connectivity index (χ1) is 10.2. The van der Waals surface area contributed by atoms with Crippen LogP contribution in [0.2, 0.25) is 0 Å². The van der Waals surface area contributed by atoms with Gasteiger partial charge in [-0.05, 0) is 54.7 Å². The van der Waals surface area contributed by atoms with Crippen LogP contribution in [0, 0.1) is 17.1 Å². The number of carbonyl (C=O) groups is 1. The summed E-state index contributed by atoms with van der Waals surface area (Å²) in [6, 6.07) is 11.6. The quantitative estimate of drug-likeness (QED) is 0.916. The Hall–Kier alpha value is -2.67. The average Bonchev–Trinajstić information content (AvgIpc) is 2.94. The van der Waals surface area contributed by atoms with Crippen LogP contribution >= 0.6 is 0 Å². The number of carbonyl (C=O) groups excluding carboxylic acids is 1. The smallest absolute Gasteiger partial charge is 0.255 e. The fourth-order valence-electron chi connectivity index (χ4n) is 2.65. The van der Waals surface area contributed by atoms with Gasteiger partial charge in [0.25, 0.3) is 5.91 Å². The van der Waals surface area contributed by atoms with Crippen molar-refractivity contribution in [1.82, 2.24) is 0 Å². The molecule has 4 heteroatoms. The third kappa shape index (κ3) is 2.50. The first kappa shape index (κ1) is 13.3. The van der Waals surface area contributed by atoms with Crippen LogP contribution in [0.1, 0.15) is 33.5 Å². The van der Waals surface area contributed by atoms with Gasteiger partial charge in [0.1, 0.15) is 17.4 Å². The van der Waals surface area contributed by atoms with E-state index in [0.29, 0.717) is 5.56 Å². The number of aryl methyl sites for hydroxylation is 2. The van der Waals surface area contributed by atoms with Crippen molar-refractivity contribution in [3.05, 3.63) is 64.5 Å². The van der Waals surface area contributed by atoms with Crippen molar-refractivity contribution in [3.63, 3.8) is 0 Å². The molecule has 0 bridgehead atoms. The number of hydrogen-bond donors (Lipinski definition) is 1. The molecule has 0 spiro atoms. The van der Waals surface area contributed by atoms with E-state index in [1.54, 1.807) is 12.1 Å². The number of halogens is 1. The monoisotopic (exact) mass is 280 g/mol. The molecule has 1 amide bonds. The zero-order chi connectivity index (χ0) is 14.8. The van der Waals surface area contributed by atoms with Gasteiger partial charge in [0, 0.05) is 5.56 Å². The number of amides is 1. The van der Waals surface area contributed by atoms with Crippen molar-refractivity contribution in [2.24, 2.45) is 0 Å². The fourth-order valence-corrected chi connectivity index (χ4v) is 2.65. The zero-order valence-electron chi connectivity index (χ0n) is 11.3. The van der Waals surface area contributed by atoms with Crippen LogP contribution in [0.25, 0.3) is 0 Å². The standard InChI is InChI=1S/C17H13FN2O/c18-15-5-2-6-16(14(15)10-19)20-17(21)13-8-7-11-3-1-4-12(11)9-13/h2,5-9H,1,3-4H2,(H,20,21). The number of benzene rings is 2. The summed E-state index contributed by atoms with van der Waals surface area (Å²) >= 11 is 0. The highest BCUT2D eigenvalue weighted by Gasteiger charge is 2.15. The Morgan fingerprint density at radius 1 is 1.19 bits per heavy atom. The molecule has 0 atom stereocenters. The van der Waals surface area contributed by atoms with E-state index >= 15 is 0 Å². The Morgan fingerprint density at radius 3 is 2.81 bits per heavy atom. The van der Waals surface area contributed by atoms with E-state index in [0.717, 1.165) is 19.3 Å². The Morgan fingerprint density at radius 2 is 2.00 bits per heavy atom. The first-order valence-corrected chi connectivity index (χ1v) is 6.81. The van der Waals surface area contributed by atoms with Gasteiger partial charge >= 0.3 is 0 Å². The molecule has 3 rings (SSSR count). The first-order valence-electron chi connectivity index (χ1n) is 6.81. The SMILES string of the molecule is N#Cc1c(F)cccc1NC(=O)c1ccc2c(c1)CCC2. The van der Waals surface area contributed by atoms with E-state index in [4.69, 9.17) is 5.26 Å². The maximum Gasteiger partial charge on any atom is 0.255 e. The van der Waals surface area contributed by atoms with Gasteiger partial charge in [-0.15, -0.1) is 0 Å². The minimum absolute atomic E-state index is 0.146. The molecule has 0 saturated carbocycles. The largest absolute Gasteiger partial charge is 0.321 e. The molecule has 0 saturated heterocycles. The molecule has 0 heterocycles. The van der Waals surface area contributed by atoms with E-state index in [1.807, 2.05) is 12.1 Å². The molecule has 0 fully saturated rings. The highest BCUT2D eigenvalue weighted by molar-refractivity contribution is 6.05. The Kier molecular flexibility index (Phi) is 3.41. The average molecular weight is 280 g/mol. The predicted octanol–water partition coefficient (Wildman–Crippen LogP) is 3.44. The van der Waals surface area contributed by atoms with Gasteiger partial charge in [-0.3, -0.25) is 4.79 Å². The minimum atomic E-state index is -0.635. The Bertz CT molecular complexity index is 762. The number of nitriles is 1. The summed E-state index contributed by atoms with van der Waals surface area (Å²) in [6.45, 7) is 0. The third-order valence-corrected chi connectivity index (χ3v) is 3.73. The van der Waals surface area contributed by atoms with Crippen LogP contribution in [0.5, 0.6) is 0 Å². The minimum Gasteiger partial charge on any atom is -0.321 e. The van der Waals surface area contributed by atoms with Crippen LogP contribution in [0.15, 0.2) is 36.4 Å². The van der Waals surface area contributed by atoms with Gasteiger partial charge < -0.3 is 5.32 Å². The normalized spacial score (nSPS) is 12.6. The molecule has 104 valence electrons. The molecule has 1 N–H and O–H groups in total. The maximum absolute atomic E-state index is 13.5. The van der Waals surface area contributed by atoms with Crippen molar-refractivity contribution >= 4 is 11.6 Å². The van der Waals surface area contributed by atoms with Crippen LogP contribution < -0.4 is 5.32 Å². The highest BCUT2D eigenvalue weighted by Crippen LogP contribution is 2.24. The van der Waals surface area contributed by atoms with Crippen molar-refractivity contribution in [1.29, 1.82) is 5.26 Å². The topological polar surface area (TPSA) is 52.9 Å². The van der Waals surface area contributed by atoms with Gasteiger partial charge in [0.15, 0.2) is 0 Å². The van der Waals surface area contributed by atoms with Gasteiger partial charge in [0.2, 0.25) is 0 Å². The zero-order valence-corrected chi connectivity index (χ0v) is 11.3. The van der Waals surface area contributed by atoms with E-state index in [2.05, 4.69) is 5.32 Å². The molecule has 0 aliphatic heterocycles. The molecule has 3 nitrogen and oxygen atoms in total. The lowest BCUT2D eigenvalue weighted by molar-refractivity contribution is 0.102. The summed E-state index contributed by atoms with van der Waals surface area (Å²) in [4.78, 5) is 12.3. The number of rotatable bonds is 2. The molecular formula is C17H13FN2O. The maximum atomic E-state index is 13.5. The third-order valence-electron chi connectivity index (χ3n) is 3.73. The number of anilines is 1. The van der Waals surface area contributed by atoms with E-state index in [9.17, 15) is 9.18 Å². The molecule has 2 aromatic carbocycles. The van der Waals surface area contributed by atoms with Crippen molar-refractivity contribution in [3.8, 4) is 6.07 Å². The second-order valence-corrected chi connectivity index (χ2v) is 5.07. The van der Waals surface area contributed by atoms with Gasteiger partial charge in [0.05, 0.1) is 5.69 Å². The molecule has 2 aromatic rings. The number of nitrogens with one attached hydrogen (secondary N) is 1. The number of fused-ring (bicyclic) bond motifs is 1. The van der Waals surface area contributed by atoms with Crippen molar-refractivity contribution < 1.29 is 9.18 Å². The predicted molar refractivity (Wildman–Crippen MR) is 77.5 cm³/mol. The molecule has 1 aliphatic rings. The van der Waals surface area contributed by atoms with Crippen LogP contribution in [0.4, 0.5) is 10.1 Å².